The molecule has 2 rings (SSSR count). The Kier molecular flexibility index (Phi) is 5.14. The second-order valence-corrected chi connectivity index (χ2v) is 7.56. The minimum absolute atomic E-state index is 0.0382. The van der Waals surface area contributed by atoms with E-state index in [4.69, 9.17) is 28.3 Å². The molecule has 0 saturated heterocycles. The van der Waals surface area contributed by atoms with Gasteiger partial charge in [0.15, 0.2) is 0 Å². The normalized spacial score (nSPS) is 22.4. The molecule has 1 saturated carbocycles. The Morgan fingerprint density at radius 2 is 1.90 bits per heavy atom. The molecule has 0 spiro atoms. The van der Waals surface area contributed by atoms with Crippen LogP contribution < -0.4 is 4.72 Å². The van der Waals surface area contributed by atoms with Crippen molar-refractivity contribution in [3.05, 3.63) is 28.2 Å². The van der Waals surface area contributed by atoms with Crippen molar-refractivity contribution in [2.24, 2.45) is 11.8 Å². The highest BCUT2D eigenvalue weighted by molar-refractivity contribution is 7.89. The summed E-state index contributed by atoms with van der Waals surface area (Å²) in [5, 5.41) is 9.18. The van der Waals surface area contributed by atoms with Crippen LogP contribution in [0.4, 0.5) is 0 Å². The van der Waals surface area contributed by atoms with Crippen LogP contribution in [0.15, 0.2) is 23.1 Å². The van der Waals surface area contributed by atoms with Crippen LogP contribution in [0.1, 0.15) is 19.3 Å². The number of hydrogen-bond acceptors (Lipinski definition) is 3. The summed E-state index contributed by atoms with van der Waals surface area (Å²) < 4.78 is 27.0. The predicted octanol–water partition coefficient (Wildman–Crippen LogP) is 2.77. The third kappa shape index (κ3) is 3.69. The largest absolute Gasteiger partial charge is 0.481 e. The van der Waals surface area contributed by atoms with E-state index in [1.807, 2.05) is 0 Å². The van der Waals surface area contributed by atoms with Gasteiger partial charge in [0.2, 0.25) is 10.0 Å². The van der Waals surface area contributed by atoms with Gasteiger partial charge in [-0.05, 0) is 30.9 Å². The molecule has 0 bridgehead atoms. The van der Waals surface area contributed by atoms with E-state index in [9.17, 15) is 13.2 Å². The first kappa shape index (κ1) is 16.5. The minimum Gasteiger partial charge on any atom is -0.481 e. The van der Waals surface area contributed by atoms with Crippen LogP contribution in [0.3, 0.4) is 0 Å². The summed E-state index contributed by atoms with van der Waals surface area (Å²) in [7, 11) is -3.87. The van der Waals surface area contributed by atoms with Gasteiger partial charge in [-0.2, -0.15) is 0 Å². The topological polar surface area (TPSA) is 83.5 Å². The smallest absolute Gasteiger partial charge is 0.306 e. The third-order valence-corrected chi connectivity index (χ3v) is 6.08. The fraction of sp³-hybridized carbons (Fsp3) is 0.462. The zero-order valence-electron chi connectivity index (χ0n) is 11.1. The van der Waals surface area contributed by atoms with Crippen LogP contribution >= 0.6 is 23.2 Å². The number of hydrogen-bond donors (Lipinski definition) is 2. The Morgan fingerprint density at radius 3 is 2.48 bits per heavy atom. The molecular formula is C13H15Cl2NO4S. The van der Waals surface area contributed by atoms with E-state index < -0.39 is 21.9 Å². The number of nitrogens with one attached hydrogen (secondary N) is 1. The van der Waals surface area contributed by atoms with Gasteiger partial charge in [0.25, 0.3) is 0 Å². The third-order valence-electron chi connectivity index (χ3n) is 3.70. The van der Waals surface area contributed by atoms with Gasteiger partial charge in [0.05, 0.1) is 16.0 Å². The zero-order chi connectivity index (χ0) is 15.6. The van der Waals surface area contributed by atoms with E-state index in [-0.39, 0.29) is 27.4 Å². The molecule has 1 fully saturated rings. The molecule has 0 amide bonds. The van der Waals surface area contributed by atoms with Crippen LogP contribution in [0.2, 0.25) is 10.0 Å². The number of benzene rings is 1. The Hall–Kier alpha value is -0.820. The maximum atomic E-state index is 12.3. The zero-order valence-corrected chi connectivity index (χ0v) is 13.4. The highest BCUT2D eigenvalue weighted by atomic mass is 35.5. The standard InChI is InChI=1S/C13H15Cl2NO4S/c14-10-5-2-6-11(15)12(10)21(19,20)16-7-8-3-1-4-9(8)13(17)18/h2,5-6,8-9,16H,1,3-4,7H2,(H,17,18). The lowest BCUT2D eigenvalue weighted by Gasteiger charge is -2.17. The first-order chi connectivity index (χ1) is 9.83. The molecule has 21 heavy (non-hydrogen) atoms. The lowest BCUT2D eigenvalue weighted by molar-refractivity contribution is -0.142. The van der Waals surface area contributed by atoms with E-state index in [0.29, 0.717) is 12.8 Å². The molecule has 1 aromatic carbocycles. The van der Waals surface area contributed by atoms with Gasteiger partial charge in [-0.25, -0.2) is 13.1 Å². The predicted molar refractivity (Wildman–Crippen MR) is 80.1 cm³/mol. The fourth-order valence-electron chi connectivity index (χ4n) is 2.63. The maximum Gasteiger partial charge on any atom is 0.306 e. The molecule has 0 radical (unpaired) electrons. The minimum atomic E-state index is -3.87. The molecule has 0 heterocycles. The van der Waals surface area contributed by atoms with Crippen molar-refractivity contribution in [2.45, 2.75) is 24.2 Å². The molecule has 2 unspecified atom stereocenters. The number of carboxylic acids is 1. The second kappa shape index (κ2) is 6.52. The lowest BCUT2D eigenvalue weighted by atomic mass is 9.97. The molecule has 1 aromatic rings. The van der Waals surface area contributed by atoms with Gasteiger partial charge in [-0.15, -0.1) is 0 Å². The second-order valence-electron chi connectivity index (χ2n) is 5.04. The number of carboxylic acid groups (broad SMARTS) is 1. The first-order valence-corrected chi connectivity index (χ1v) is 8.73. The Balaban J connectivity index is 2.14. The number of sulfonamides is 1. The van der Waals surface area contributed by atoms with Gasteiger partial charge in [-0.3, -0.25) is 4.79 Å². The molecule has 1 aliphatic carbocycles. The maximum absolute atomic E-state index is 12.3. The molecule has 2 atom stereocenters. The van der Waals surface area contributed by atoms with Crippen molar-refractivity contribution in [1.29, 1.82) is 0 Å². The average molecular weight is 352 g/mol. The Bertz CT molecular complexity index is 627. The van der Waals surface area contributed by atoms with Crippen LogP contribution in [0, 0.1) is 11.8 Å². The van der Waals surface area contributed by atoms with Crippen molar-refractivity contribution in [1.82, 2.24) is 4.72 Å². The van der Waals surface area contributed by atoms with E-state index in [1.165, 1.54) is 12.1 Å². The molecule has 116 valence electrons. The summed E-state index contributed by atoms with van der Waals surface area (Å²) in [5.74, 6) is -1.60. The molecule has 5 nitrogen and oxygen atoms in total. The van der Waals surface area contributed by atoms with Crippen LogP contribution in [-0.4, -0.2) is 26.0 Å². The SMILES string of the molecule is O=C(O)C1CCCC1CNS(=O)(=O)c1c(Cl)cccc1Cl. The molecule has 8 heteroatoms. The molecular weight excluding hydrogens is 337 g/mol. The Labute approximate surface area is 133 Å². The van der Waals surface area contributed by atoms with E-state index in [0.717, 1.165) is 6.42 Å². The van der Waals surface area contributed by atoms with E-state index >= 15 is 0 Å². The lowest BCUT2D eigenvalue weighted by Crippen LogP contribution is -2.33. The fourth-order valence-corrected chi connectivity index (χ4v) is 4.87. The Morgan fingerprint density at radius 1 is 1.29 bits per heavy atom. The summed E-state index contributed by atoms with van der Waals surface area (Å²) in [6.07, 6.45) is 2.06. The average Bonchev–Trinajstić information content (AvgIpc) is 2.84. The van der Waals surface area contributed by atoms with Crippen LogP contribution in [-0.2, 0) is 14.8 Å². The van der Waals surface area contributed by atoms with Gasteiger partial charge in [0, 0.05) is 6.54 Å². The van der Waals surface area contributed by atoms with Crippen molar-refractivity contribution >= 4 is 39.2 Å². The number of rotatable bonds is 5. The van der Waals surface area contributed by atoms with Gasteiger partial charge in [-0.1, -0.05) is 35.7 Å². The van der Waals surface area contributed by atoms with Crippen LogP contribution in [0.5, 0.6) is 0 Å². The number of aliphatic carboxylic acids is 1. The summed E-state index contributed by atoms with van der Waals surface area (Å²) in [5.41, 5.74) is 0. The van der Waals surface area contributed by atoms with E-state index in [2.05, 4.69) is 4.72 Å². The number of halogens is 2. The van der Waals surface area contributed by atoms with Gasteiger partial charge < -0.3 is 5.11 Å². The summed E-state index contributed by atoms with van der Waals surface area (Å²) in [6, 6.07) is 4.44. The van der Waals surface area contributed by atoms with Crippen LogP contribution in [0.25, 0.3) is 0 Å². The van der Waals surface area contributed by atoms with Crippen molar-refractivity contribution < 1.29 is 18.3 Å². The molecule has 1 aliphatic rings. The molecule has 0 aliphatic heterocycles. The van der Waals surface area contributed by atoms with Gasteiger partial charge in [0.1, 0.15) is 4.90 Å². The monoisotopic (exact) mass is 351 g/mol. The molecule has 2 N–H and O–H groups in total. The summed E-state index contributed by atoms with van der Waals surface area (Å²) >= 11 is 11.8. The van der Waals surface area contributed by atoms with Crippen molar-refractivity contribution in [3.63, 3.8) is 0 Å². The first-order valence-electron chi connectivity index (χ1n) is 6.49. The van der Waals surface area contributed by atoms with Gasteiger partial charge >= 0.3 is 5.97 Å². The summed E-state index contributed by atoms with van der Waals surface area (Å²) in [6.45, 7) is 0.0703. The summed E-state index contributed by atoms with van der Waals surface area (Å²) in [4.78, 5) is 10.9. The quantitative estimate of drug-likeness (QED) is 0.854. The molecule has 0 aromatic heterocycles. The number of carbonyl (C=O) groups is 1. The highest BCUT2D eigenvalue weighted by Gasteiger charge is 2.34. The van der Waals surface area contributed by atoms with Crippen molar-refractivity contribution in [2.75, 3.05) is 6.54 Å². The highest BCUT2D eigenvalue weighted by Crippen LogP contribution is 2.33. The van der Waals surface area contributed by atoms with E-state index in [1.54, 1.807) is 6.07 Å². The van der Waals surface area contributed by atoms with Crippen molar-refractivity contribution in [3.8, 4) is 0 Å².